The third-order valence-electron chi connectivity index (χ3n) is 5.69. The van der Waals surface area contributed by atoms with E-state index in [0.29, 0.717) is 31.7 Å². The number of hydrogen-bond acceptors (Lipinski definition) is 5. The molecule has 0 aliphatic carbocycles. The maximum absolute atomic E-state index is 12.8. The fourth-order valence-electron chi connectivity index (χ4n) is 4.27. The molecule has 142 valence electrons. The second-order valence-electron chi connectivity index (χ2n) is 7.58. The van der Waals surface area contributed by atoms with Crippen molar-refractivity contribution in [2.45, 2.75) is 32.1 Å². The van der Waals surface area contributed by atoms with Crippen LogP contribution in [0.3, 0.4) is 0 Å². The third kappa shape index (κ3) is 3.84. The van der Waals surface area contributed by atoms with E-state index in [1.54, 1.807) is 30.9 Å². The maximum atomic E-state index is 12.8. The summed E-state index contributed by atoms with van der Waals surface area (Å²) in [5.74, 6) is 0.139. The highest BCUT2D eigenvalue weighted by atomic mass is 16.2. The molecule has 4 rings (SSSR count). The molecule has 2 aromatic heterocycles. The van der Waals surface area contributed by atoms with Crippen LogP contribution in [-0.2, 0) is 11.2 Å². The van der Waals surface area contributed by atoms with Gasteiger partial charge in [0.25, 0.3) is 5.91 Å². The number of rotatable bonds is 4. The van der Waals surface area contributed by atoms with Crippen molar-refractivity contribution in [2.75, 3.05) is 26.2 Å². The largest absolute Gasteiger partial charge is 0.348 e. The molecule has 0 unspecified atom stereocenters. The quantitative estimate of drug-likeness (QED) is 0.877. The second kappa shape index (κ2) is 7.46. The Kier molecular flexibility index (Phi) is 4.87. The Bertz CT molecular complexity index is 794. The first-order valence-electron chi connectivity index (χ1n) is 9.47. The summed E-state index contributed by atoms with van der Waals surface area (Å²) in [7, 11) is 0. The lowest BCUT2D eigenvalue weighted by Crippen LogP contribution is -2.55. The average Bonchev–Trinajstić information content (AvgIpc) is 3.23. The van der Waals surface area contributed by atoms with Gasteiger partial charge < -0.3 is 14.8 Å². The number of nitrogens with zero attached hydrogens (tertiary/aromatic N) is 5. The highest BCUT2D eigenvalue weighted by Crippen LogP contribution is 2.39. The Labute approximate surface area is 158 Å². The molecule has 1 spiro atoms. The van der Waals surface area contributed by atoms with Crippen molar-refractivity contribution in [1.82, 2.24) is 30.0 Å². The topological polar surface area (TPSA) is 95.1 Å². The van der Waals surface area contributed by atoms with Crippen molar-refractivity contribution < 1.29 is 9.59 Å². The summed E-state index contributed by atoms with van der Waals surface area (Å²) in [5.41, 5.74) is 1.40. The van der Waals surface area contributed by atoms with Gasteiger partial charge in [0.15, 0.2) is 5.69 Å². The molecule has 1 atom stereocenters. The van der Waals surface area contributed by atoms with Crippen molar-refractivity contribution in [3.05, 3.63) is 42.2 Å². The normalized spacial score (nSPS) is 23.0. The highest BCUT2D eigenvalue weighted by molar-refractivity contribution is 5.92. The number of piperidine rings is 2. The van der Waals surface area contributed by atoms with Crippen molar-refractivity contribution in [3.8, 4) is 0 Å². The third-order valence-corrected chi connectivity index (χ3v) is 5.69. The smallest absolute Gasteiger partial charge is 0.274 e. The summed E-state index contributed by atoms with van der Waals surface area (Å²) >= 11 is 0. The summed E-state index contributed by atoms with van der Waals surface area (Å²) in [5, 5.41) is 7.77. The molecule has 2 fully saturated rings. The maximum Gasteiger partial charge on any atom is 0.274 e. The summed E-state index contributed by atoms with van der Waals surface area (Å²) < 4.78 is 0. The number of H-pyrrole nitrogens is 1. The molecule has 1 N–H and O–H groups in total. The van der Waals surface area contributed by atoms with Gasteiger partial charge in [-0.3, -0.25) is 9.59 Å². The van der Waals surface area contributed by atoms with E-state index in [1.165, 1.54) is 0 Å². The average molecular weight is 368 g/mol. The predicted octanol–water partition coefficient (Wildman–Crippen LogP) is 1.29. The van der Waals surface area contributed by atoms with Gasteiger partial charge in [0.2, 0.25) is 5.91 Å². The molecule has 2 aromatic rings. The van der Waals surface area contributed by atoms with Crippen LogP contribution >= 0.6 is 0 Å². The lowest BCUT2D eigenvalue weighted by Gasteiger charge is -2.48. The summed E-state index contributed by atoms with van der Waals surface area (Å²) in [6.07, 6.45) is 9.19. The van der Waals surface area contributed by atoms with Crippen molar-refractivity contribution in [2.24, 2.45) is 5.41 Å². The Morgan fingerprint density at radius 2 is 2.22 bits per heavy atom. The van der Waals surface area contributed by atoms with Gasteiger partial charge in [-0.25, -0.2) is 4.98 Å². The predicted molar refractivity (Wildman–Crippen MR) is 97.7 cm³/mol. The minimum Gasteiger partial charge on any atom is -0.348 e. The molecule has 4 heterocycles. The molecule has 8 heteroatoms. The van der Waals surface area contributed by atoms with Gasteiger partial charge in [-0.1, -0.05) is 0 Å². The number of hydrogen-bond donors (Lipinski definition) is 1. The number of amides is 2. The highest BCUT2D eigenvalue weighted by Gasteiger charge is 2.42. The molecule has 2 amide bonds. The van der Waals surface area contributed by atoms with E-state index in [4.69, 9.17) is 0 Å². The van der Waals surface area contributed by atoms with E-state index in [0.717, 1.165) is 37.9 Å². The van der Waals surface area contributed by atoms with Crippen LogP contribution in [0.15, 0.2) is 30.9 Å². The first-order chi connectivity index (χ1) is 13.2. The Morgan fingerprint density at radius 1 is 1.30 bits per heavy atom. The number of nitrogens with one attached hydrogen (secondary N) is 1. The molecule has 0 bridgehead atoms. The van der Waals surface area contributed by atoms with E-state index in [-0.39, 0.29) is 17.2 Å². The van der Waals surface area contributed by atoms with Crippen molar-refractivity contribution in [1.29, 1.82) is 0 Å². The minimum atomic E-state index is -0.0666. The van der Waals surface area contributed by atoms with Gasteiger partial charge in [-0.2, -0.15) is 5.10 Å². The summed E-state index contributed by atoms with van der Waals surface area (Å²) in [6.45, 7) is 2.81. The number of imidazole rings is 1. The Balaban J connectivity index is 1.43. The standard InChI is InChI=1S/C19H24N6O2/c26-17-4-7-19(12-24(17)10-5-15-11-20-14-21-15)6-2-9-25(13-19)18(27)16-3-1-8-22-23-16/h1,3,8,11,14H,2,4-7,9-10,12-13H2,(H,20,21)/t19-/m1/s1. The lowest BCUT2D eigenvalue weighted by atomic mass is 9.73. The number of carbonyl (C=O) groups excluding carboxylic acids is 2. The van der Waals surface area contributed by atoms with Gasteiger partial charge in [-0.05, 0) is 31.4 Å². The zero-order valence-electron chi connectivity index (χ0n) is 15.3. The second-order valence-corrected chi connectivity index (χ2v) is 7.58. The fourth-order valence-corrected chi connectivity index (χ4v) is 4.27. The first kappa shape index (κ1) is 17.6. The number of aromatic amines is 1. The van der Waals surface area contributed by atoms with Crippen LogP contribution in [-0.4, -0.2) is 68.0 Å². The van der Waals surface area contributed by atoms with Crippen LogP contribution in [0.2, 0.25) is 0 Å². The first-order valence-corrected chi connectivity index (χ1v) is 9.47. The zero-order valence-corrected chi connectivity index (χ0v) is 15.3. The van der Waals surface area contributed by atoms with Gasteiger partial charge in [0.05, 0.1) is 6.33 Å². The van der Waals surface area contributed by atoms with Gasteiger partial charge >= 0.3 is 0 Å². The van der Waals surface area contributed by atoms with E-state index in [2.05, 4.69) is 20.2 Å². The van der Waals surface area contributed by atoms with Crippen molar-refractivity contribution >= 4 is 11.8 Å². The summed E-state index contributed by atoms with van der Waals surface area (Å²) in [6, 6.07) is 3.44. The van der Waals surface area contributed by atoms with E-state index < -0.39 is 0 Å². The number of carbonyl (C=O) groups is 2. The van der Waals surface area contributed by atoms with E-state index in [9.17, 15) is 9.59 Å². The molecular formula is C19H24N6O2. The molecule has 2 saturated heterocycles. The minimum absolute atomic E-state index is 0.0159. The van der Waals surface area contributed by atoms with Crippen molar-refractivity contribution in [3.63, 3.8) is 0 Å². The van der Waals surface area contributed by atoms with Crippen LogP contribution in [0.5, 0.6) is 0 Å². The molecule has 2 aliphatic heterocycles. The molecule has 0 radical (unpaired) electrons. The van der Waals surface area contributed by atoms with Crippen LogP contribution in [0.1, 0.15) is 41.9 Å². The van der Waals surface area contributed by atoms with Crippen LogP contribution < -0.4 is 0 Å². The Morgan fingerprint density at radius 3 is 3.00 bits per heavy atom. The fraction of sp³-hybridized carbons (Fsp3) is 0.526. The molecule has 0 aromatic carbocycles. The van der Waals surface area contributed by atoms with Gasteiger partial charge in [0.1, 0.15) is 0 Å². The number of likely N-dealkylation sites (tertiary alicyclic amines) is 2. The SMILES string of the molecule is O=C1CC[C@]2(CCCN(C(=O)c3cccnn3)C2)CN1CCc1cnc[nH]1. The molecule has 8 nitrogen and oxygen atoms in total. The Hall–Kier alpha value is -2.77. The zero-order chi connectivity index (χ0) is 18.7. The molecule has 2 aliphatic rings. The molecular weight excluding hydrogens is 344 g/mol. The monoisotopic (exact) mass is 368 g/mol. The van der Waals surface area contributed by atoms with Crippen LogP contribution in [0.4, 0.5) is 0 Å². The van der Waals surface area contributed by atoms with Crippen LogP contribution in [0, 0.1) is 5.41 Å². The van der Waals surface area contributed by atoms with Gasteiger partial charge in [-0.15, -0.1) is 5.10 Å². The summed E-state index contributed by atoms with van der Waals surface area (Å²) in [4.78, 5) is 36.2. The lowest BCUT2D eigenvalue weighted by molar-refractivity contribution is -0.138. The van der Waals surface area contributed by atoms with E-state index >= 15 is 0 Å². The van der Waals surface area contributed by atoms with E-state index in [1.807, 2.05) is 9.80 Å². The van der Waals surface area contributed by atoms with Crippen LogP contribution in [0.25, 0.3) is 0 Å². The van der Waals surface area contributed by atoms with Gasteiger partial charge in [0, 0.05) is 62.5 Å². The number of aromatic nitrogens is 4. The molecule has 27 heavy (non-hydrogen) atoms. The molecule has 0 saturated carbocycles.